The van der Waals surface area contributed by atoms with E-state index in [9.17, 15) is 9.59 Å². The van der Waals surface area contributed by atoms with Gasteiger partial charge < -0.3 is 15.0 Å². The molecule has 2 rings (SSSR count). The van der Waals surface area contributed by atoms with Gasteiger partial charge in [0.05, 0.1) is 0 Å². The maximum absolute atomic E-state index is 12.3. The van der Waals surface area contributed by atoms with Gasteiger partial charge in [0, 0.05) is 30.6 Å². The Bertz CT molecular complexity index is 581. The maximum atomic E-state index is 12.3. The number of alkyl halides is 1. The first-order valence-electron chi connectivity index (χ1n) is 8.22. The minimum Gasteiger partial charge on any atom is -0.444 e. The summed E-state index contributed by atoms with van der Waals surface area (Å²) in [6.45, 7) is 6.67. The molecule has 24 heavy (non-hydrogen) atoms. The van der Waals surface area contributed by atoms with Gasteiger partial charge >= 0.3 is 6.09 Å². The average Bonchev–Trinajstić information content (AvgIpc) is 2.53. The van der Waals surface area contributed by atoms with E-state index in [2.05, 4.69) is 5.32 Å². The molecule has 0 radical (unpaired) electrons. The monoisotopic (exact) mass is 352 g/mol. The highest BCUT2D eigenvalue weighted by molar-refractivity contribution is 6.17. The Hall–Kier alpha value is -1.75. The number of carbonyl (C=O) groups is 2. The van der Waals surface area contributed by atoms with Crippen LogP contribution in [0, 0.1) is 0 Å². The molecular formula is C18H25ClN2O3. The molecular weight excluding hydrogens is 328 g/mol. The fourth-order valence-electron chi connectivity index (χ4n) is 2.60. The Morgan fingerprint density at radius 2 is 1.96 bits per heavy atom. The Kier molecular flexibility index (Phi) is 6.10. The molecule has 1 aromatic rings. The largest absolute Gasteiger partial charge is 0.444 e. The first kappa shape index (κ1) is 18.6. The minimum atomic E-state index is -0.516. The molecule has 1 heterocycles. The highest BCUT2D eigenvalue weighted by Crippen LogP contribution is 2.16. The lowest BCUT2D eigenvalue weighted by atomic mass is 10.1. The molecule has 2 amide bonds. The summed E-state index contributed by atoms with van der Waals surface area (Å²) in [5, 5.41) is 3.00. The van der Waals surface area contributed by atoms with Crippen LogP contribution in [0.3, 0.4) is 0 Å². The summed E-state index contributed by atoms with van der Waals surface area (Å²) in [5.41, 5.74) is 1.05. The molecule has 1 aliphatic heterocycles. The van der Waals surface area contributed by atoms with Crippen molar-refractivity contribution in [3.8, 4) is 0 Å². The SMILES string of the molecule is CC(C)(C)OC(=O)N1CCC[C@H](NC(=O)c2ccc(CCl)cc2)C1. The molecule has 0 bridgehead atoms. The molecule has 1 N–H and O–H groups in total. The standard InChI is InChI=1S/C18H25ClN2O3/c1-18(2,3)24-17(23)21-10-4-5-15(12-21)20-16(22)14-8-6-13(11-19)7-9-14/h6-9,15H,4-5,10-12H2,1-3H3,(H,20,22)/t15-/m0/s1. The Labute approximate surface area is 148 Å². The number of hydrogen-bond donors (Lipinski definition) is 1. The summed E-state index contributed by atoms with van der Waals surface area (Å²) >= 11 is 5.76. The Morgan fingerprint density at radius 3 is 2.54 bits per heavy atom. The quantitative estimate of drug-likeness (QED) is 0.846. The van der Waals surface area contributed by atoms with Crippen LogP contribution in [-0.2, 0) is 10.6 Å². The molecule has 6 heteroatoms. The molecule has 1 fully saturated rings. The second-order valence-electron chi connectivity index (χ2n) is 7.07. The maximum Gasteiger partial charge on any atom is 0.410 e. The second kappa shape index (κ2) is 7.88. The van der Waals surface area contributed by atoms with Gasteiger partial charge in [-0.1, -0.05) is 12.1 Å². The first-order valence-corrected chi connectivity index (χ1v) is 8.75. The van der Waals surface area contributed by atoms with Gasteiger partial charge in [0.15, 0.2) is 0 Å². The van der Waals surface area contributed by atoms with Crippen LogP contribution in [0.1, 0.15) is 49.5 Å². The van der Waals surface area contributed by atoms with Crippen LogP contribution in [0.2, 0.25) is 0 Å². The van der Waals surface area contributed by atoms with Gasteiger partial charge in [-0.05, 0) is 51.3 Å². The molecule has 1 saturated heterocycles. The van der Waals surface area contributed by atoms with E-state index in [4.69, 9.17) is 16.3 Å². The van der Waals surface area contributed by atoms with Crippen molar-refractivity contribution < 1.29 is 14.3 Å². The molecule has 0 aromatic heterocycles. The van der Waals surface area contributed by atoms with Crippen LogP contribution >= 0.6 is 11.6 Å². The van der Waals surface area contributed by atoms with E-state index in [1.807, 2.05) is 32.9 Å². The average molecular weight is 353 g/mol. The van der Waals surface area contributed by atoms with Crippen molar-refractivity contribution in [3.63, 3.8) is 0 Å². The summed E-state index contributed by atoms with van der Waals surface area (Å²) in [4.78, 5) is 26.2. The van der Waals surface area contributed by atoms with E-state index < -0.39 is 5.60 Å². The van der Waals surface area contributed by atoms with Crippen molar-refractivity contribution in [3.05, 3.63) is 35.4 Å². The summed E-state index contributed by atoms with van der Waals surface area (Å²) in [7, 11) is 0. The molecule has 1 aliphatic rings. The van der Waals surface area contributed by atoms with Crippen molar-refractivity contribution in [1.82, 2.24) is 10.2 Å². The number of hydrogen-bond acceptors (Lipinski definition) is 3. The van der Waals surface area contributed by atoms with E-state index in [0.717, 1.165) is 18.4 Å². The van der Waals surface area contributed by atoms with Crippen molar-refractivity contribution in [2.75, 3.05) is 13.1 Å². The van der Waals surface area contributed by atoms with Crippen LogP contribution in [0.25, 0.3) is 0 Å². The van der Waals surface area contributed by atoms with Crippen LogP contribution in [-0.4, -0.2) is 41.6 Å². The Balaban J connectivity index is 1.92. The summed E-state index contributed by atoms with van der Waals surface area (Å²) in [5.74, 6) is 0.294. The van der Waals surface area contributed by atoms with Crippen LogP contribution in [0.15, 0.2) is 24.3 Å². The zero-order valence-corrected chi connectivity index (χ0v) is 15.2. The van der Waals surface area contributed by atoms with Gasteiger partial charge in [-0.15, -0.1) is 11.6 Å². The van der Waals surface area contributed by atoms with Crippen LogP contribution in [0.5, 0.6) is 0 Å². The number of nitrogens with zero attached hydrogens (tertiary/aromatic N) is 1. The van der Waals surface area contributed by atoms with Gasteiger partial charge in [0.2, 0.25) is 0 Å². The van der Waals surface area contributed by atoms with E-state index >= 15 is 0 Å². The topological polar surface area (TPSA) is 58.6 Å². The number of rotatable bonds is 3. The lowest BCUT2D eigenvalue weighted by molar-refractivity contribution is 0.0185. The van der Waals surface area contributed by atoms with Gasteiger partial charge in [0.25, 0.3) is 5.91 Å². The summed E-state index contributed by atoms with van der Waals surface area (Å²) < 4.78 is 5.40. The van der Waals surface area contributed by atoms with Crippen molar-refractivity contribution in [1.29, 1.82) is 0 Å². The predicted molar refractivity (Wildman–Crippen MR) is 94.3 cm³/mol. The predicted octanol–water partition coefficient (Wildman–Crippen LogP) is 3.55. The lowest BCUT2D eigenvalue weighted by Gasteiger charge is -2.34. The number of carbonyl (C=O) groups excluding carboxylic acids is 2. The molecule has 0 spiro atoms. The van der Waals surface area contributed by atoms with E-state index in [1.165, 1.54) is 0 Å². The van der Waals surface area contributed by atoms with E-state index in [0.29, 0.717) is 24.5 Å². The zero-order valence-electron chi connectivity index (χ0n) is 14.5. The molecule has 1 aromatic carbocycles. The van der Waals surface area contributed by atoms with Crippen LogP contribution in [0.4, 0.5) is 4.79 Å². The fourth-order valence-corrected chi connectivity index (χ4v) is 2.78. The number of nitrogens with one attached hydrogen (secondary N) is 1. The second-order valence-corrected chi connectivity index (χ2v) is 7.34. The molecule has 0 unspecified atom stereocenters. The first-order chi connectivity index (χ1) is 11.3. The molecule has 1 atom stereocenters. The number of benzene rings is 1. The van der Waals surface area contributed by atoms with E-state index in [1.54, 1.807) is 17.0 Å². The highest BCUT2D eigenvalue weighted by atomic mass is 35.5. The smallest absolute Gasteiger partial charge is 0.410 e. The summed E-state index contributed by atoms with van der Waals surface area (Å²) in [6, 6.07) is 7.15. The Morgan fingerprint density at radius 1 is 1.29 bits per heavy atom. The zero-order chi connectivity index (χ0) is 17.7. The fraction of sp³-hybridized carbons (Fsp3) is 0.556. The molecule has 5 nitrogen and oxygen atoms in total. The van der Waals surface area contributed by atoms with Gasteiger partial charge in [-0.25, -0.2) is 4.79 Å². The van der Waals surface area contributed by atoms with Crippen LogP contribution < -0.4 is 5.32 Å². The molecule has 132 valence electrons. The molecule has 0 saturated carbocycles. The lowest BCUT2D eigenvalue weighted by Crippen LogP contribution is -2.50. The number of halogens is 1. The molecule has 0 aliphatic carbocycles. The third-order valence-corrected chi connectivity index (χ3v) is 4.09. The number of piperidine rings is 1. The summed E-state index contributed by atoms with van der Waals surface area (Å²) in [6.07, 6.45) is 1.37. The minimum absolute atomic E-state index is 0.0635. The van der Waals surface area contributed by atoms with Crippen molar-refractivity contribution >= 4 is 23.6 Å². The van der Waals surface area contributed by atoms with Gasteiger partial charge in [-0.3, -0.25) is 4.79 Å². The van der Waals surface area contributed by atoms with Gasteiger partial charge in [0.1, 0.15) is 5.60 Å². The van der Waals surface area contributed by atoms with Gasteiger partial charge in [-0.2, -0.15) is 0 Å². The third kappa shape index (κ3) is 5.41. The van der Waals surface area contributed by atoms with Crippen molar-refractivity contribution in [2.45, 2.75) is 51.1 Å². The van der Waals surface area contributed by atoms with Crippen molar-refractivity contribution in [2.24, 2.45) is 0 Å². The third-order valence-electron chi connectivity index (χ3n) is 3.78. The number of amides is 2. The normalized spacial score (nSPS) is 18.2. The van der Waals surface area contributed by atoms with E-state index in [-0.39, 0.29) is 18.0 Å². The highest BCUT2D eigenvalue weighted by Gasteiger charge is 2.28. The number of ether oxygens (including phenoxy) is 1. The number of likely N-dealkylation sites (tertiary alicyclic amines) is 1.